The Hall–Kier alpha value is -3.91. The van der Waals surface area contributed by atoms with Gasteiger partial charge in [-0.1, -0.05) is 30.8 Å². The lowest BCUT2D eigenvalue weighted by molar-refractivity contribution is -0.126. The number of piperazine rings is 1. The molecule has 2 aromatic heterocycles. The van der Waals surface area contributed by atoms with Gasteiger partial charge in [-0.05, 0) is 80.1 Å². The van der Waals surface area contributed by atoms with Crippen LogP contribution in [0.25, 0.3) is 33.0 Å². The molecule has 0 bridgehead atoms. The lowest BCUT2D eigenvalue weighted by Gasteiger charge is -2.35. The summed E-state index contributed by atoms with van der Waals surface area (Å²) in [7, 11) is 2.15. The number of hydrogen-bond donors (Lipinski definition) is 0. The van der Waals surface area contributed by atoms with Gasteiger partial charge in [0.2, 0.25) is 5.91 Å². The number of furan rings is 1. The van der Waals surface area contributed by atoms with E-state index >= 15 is 0 Å². The molecule has 1 saturated carbocycles. The smallest absolute Gasteiger partial charge is 0.319 e. The summed E-state index contributed by atoms with van der Waals surface area (Å²) in [5, 5.41) is 1.95. The van der Waals surface area contributed by atoms with Gasteiger partial charge in [0.05, 0.1) is 17.2 Å². The number of benzene rings is 2. The highest BCUT2D eigenvalue weighted by molar-refractivity contribution is 6.14. The molecule has 1 atom stereocenters. The van der Waals surface area contributed by atoms with Crippen LogP contribution in [0, 0.1) is 0 Å². The second-order valence-electron chi connectivity index (χ2n) is 11.3. The summed E-state index contributed by atoms with van der Waals surface area (Å²) in [5.41, 5.74) is 5.37. The maximum Gasteiger partial charge on any atom is 0.319 e. The number of fused-ring (bicyclic) bond motifs is 3. The van der Waals surface area contributed by atoms with Gasteiger partial charge >= 0.3 is 6.01 Å². The molecule has 0 spiro atoms. The highest BCUT2D eigenvalue weighted by Gasteiger charge is 2.29. The van der Waals surface area contributed by atoms with E-state index in [9.17, 15) is 4.79 Å². The van der Waals surface area contributed by atoms with Crippen molar-refractivity contribution in [1.29, 1.82) is 0 Å². The Kier molecular flexibility index (Phi) is 6.42. The van der Waals surface area contributed by atoms with Crippen molar-refractivity contribution in [2.45, 2.75) is 37.6 Å². The van der Waals surface area contributed by atoms with Crippen molar-refractivity contribution in [2.24, 2.45) is 0 Å². The van der Waals surface area contributed by atoms with Gasteiger partial charge in [0.15, 0.2) is 0 Å². The van der Waals surface area contributed by atoms with E-state index in [0.29, 0.717) is 50.8 Å². The van der Waals surface area contributed by atoms with Crippen molar-refractivity contribution in [3.63, 3.8) is 0 Å². The van der Waals surface area contributed by atoms with Crippen LogP contribution in [0.15, 0.2) is 59.7 Å². The fraction of sp³-hybridized carbons (Fsp3) is 0.406. The van der Waals surface area contributed by atoms with E-state index in [-0.39, 0.29) is 5.91 Å². The zero-order valence-electron chi connectivity index (χ0n) is 23.0. The summed E-state index contributed by atoms with van der Waals surface area (Å²) in [6.45, 7) is 7.82. The zero-order valence-corrected chi connectivity index (χ0v) is 23.0. The lowest BCUT2D eigenvalue weighted by atomic mass is 9.93. The molecule has 1 aliphatic carbocycles. The van der Waals surface area contributed by atoms with Gasteiger partial charge in [-0.3, -0.25) is 4.79 Å². The van der Waals surface area contributed by atoms with Gasteiger partial charge in [-0.15, -0.1) is 0 Å². The van der Waals surface area contributed by atoms with Gasteiger partial charge in [0.25, 0.3) is 0 Å². The Labute approximate surface area is 234 Å². The molecule has 0 radical (unpaired) electrons. The summed E-state index contributed by atoms with van der Waals surface area (Å²) >= 11 is 0. The Morgan fingerprint density at radius 1 is 1.07 bits per heavy atom. The quantitative estimate of drug-likeness (QED) is 0.299. The number of rotatable bonds is 7. The van der Waals surface area contributed by atoms with Crippen LogP contribution in [0.2, 0.25) is 0 Å². The number of anilines is 1. The Bertz CT molecular complexity index is 1580. The normalized spacial score (nSPS) is 20.0. The van der Waals surface area contributed by atoms with Crippen molar-refractivity contribution in [2.75, 3.05) is 51.3 Å². The number of amides is 1. The predicted octanol–water partition coefficient (Wildman–Crippen LogP) is 5.23. The van der Waals surface area contributed by atoms with Crippen molar-refractivity contribution in [3.05, 3.63) is 60.9 Å². The van der Waals surface area contributed by atoms with Gasteiger partial charge < -0.3 is 23.9 Å². The molecule has 2 saturated heterocycles. The molecule has 4 heterocycles. The summed E-state index contributed by atoms with van der Waals surface area (Å²) in [5.74, 6) is 1.38. The lowest BCUT2D eigenvalue weighted by Crippen LogP contribution is -2.48. The van der Waals surface area contributed by atoms with E-state index in [0.717, 1.165) is 46.2 Å². The highest BCUT2D eigenvalue weighted by Crippen LogP contribution is 2.47. The number of likely N-dealkylation sites (N-methyl/N-ethyl adjacent to an activating group) is 1. The van der Waals surface area contributed by atoms with Gasteiger partial charge in [0, 0.05) is 37.6 Å². The van der Waals surface area contributed by atoms with Gasteiger partial charge in [-0.25, -0.2) is 0 Å². The molecule has 40 heavy (non-hydrogen) atoms. The largest absolute Gasteiger partial charge is 0.463 e. The van der Waals surface area contributed by atoms with Gasteiger partial charge in [0.1, 0.15) is 18.0 Å². The molecule has 0 N–H and O–H groups in total. The Morgan fingerprint density at radius 3 is 2.65 bits per heavy atom. The zero-order chi connectivity index (χ0) is 27.2. The van der Waals surface area contributed by atoms with E-state index in [1.807, 2.05) is 4.90 Å². The molecular weight excluding hydrogens is 502 g/mol. The van der Waals surface area contributed by atoms with Crippen LogP contribution in [0.4, 0.5) is 5.82 Å². The van der Waals surface area contributed by atoms with Crippen molar-refractivity contribution < 1.29 is 13.9 Å². The van der Waals surface area contributed by atoms with E-state index in [2.05, 4.69) is 59.8 Å². The first-order valence-corrected chi connectivity index (χ1v) is 14.4. The fourth-order valence-electron chi connectivity index (χ4n) is 6.33. The van der Waals surface area contributed by atoms with E-state index in [1.54, 1.807) is 6.26 Å². The average Bonchev–Trinajstić information content (AvgIpc) is 3.58. The number of hydrogen-bond acceptors (Lipinski definition) is 7. The van der Waals surface area contributed by atoms with Crippen LogP contribution in [0.1, 0.15) is 37.2 Å². The minimum Gasteiger partial charge on any atom is -0.463 e. The fourth-order valence-corrected chi connectivity index (χ4v) is 6.33. The first-order valence-electron chi connectivity index (χ1n) is 14.4. The van der Waals surface area contributed by atoms with Crippen LogP contribution < -0.4 is 9.64 Å². The standard InChI is InChI=1S/C32H35N5O3/c1-3-28(38)36-14-16-37(17-15-36)31-29-27(33-32(34-31)40-20-22-7-6-13-35(22)2)19-26(25-12-18-39-30(25)29)24-9-5-4-8-23(24)21-10-11-21/h3-5,8-9,12,18-19,21-22H,1,6-7,10-11,13-17,20H2,2H3. The predicted molar refractivity (Wildman–Crippen MR) is 157 cm³/mol. The van der Waals surface area contributed by atoms with Gasteiger partial charge in [-0.2, -0.15) is 9.97 Å². The number of likely N-dealkylation sites (tertiary alicyclic amines) is 1. The van der Waals surface area contributed by atoms with Crippen LogP contribution in [0.3, 0.4) is 0 Å². The Morgan fingerprint density at radius 2 is 1.90 bits per heavy atom. The third kappa shape index (κ3) is 4.50. The Balaban J connectivity index is 1.34. The van der Waals surface area contributed by atoms with Crippen LogP contribution in [-0.2, 0) is 4.79 Å². The SMILES string of the molecule is C=CC(=O)N1CCN(c2nc(OCC3CCCN3C)nc3cc(-c4ccccc4C4CC4)c4ccoc4c23)CC1. The van der Waals surface area contributed by atoms with E-state index in [1.165, 1.54) is 36.5 Å². The number of aromatic nitrogens is 2. The molecule has 7 rings (SSSR count). The van der Waals surface area contributed by atoms with Crippen LogP contribution >= 0.6 is 0 Å². The first-order chi connectivity index (χ1) is 19.6. The molecule has 2 aromatic carbocycles. The third-order valence-electron chi connectivity index (χ3n) is 8.77. The number of ether oxygens (including phenoxy) is 1. The molecular formula is C32H35N5O3. The minimum absolute atomic E-state index is 0.0377. The molecule has 206 valence electrons. The number of carbonyl (C=O) groups is 1. The molecule has 2 aliphatic heterocycles. The molecule has 3 aliphatic rings. The second kappa shape index (κ2) is 10.2. The molecule has 8 heteroatoms. The van der Waals surface area contributed by atoms with Crippen molar-refractivity contribution >= 4 is 33.6 Å². The molecule has 4 aromatic rings. The van der Waals surface area contributed by atoms with Crippen LogP contribution in [-0.4, -0.2) is 78.1 Å². The third-order valence-corrected chi connectivity index (χ3v) is 8.77. The second-order valence-corrected chi connectivity index (χ2v) is 11.3. The summed E-state index contributed by atoms with van der Waals surface area (Å²) in [6, 6.07) is 13.7. The molecule has 1 amide bonds. The van der Waals surface area contributed by atoms with E-state index < -0.39 is 0 Å². The van der Waals surface area contributed by atoms with Crippen molar-refractivity contribution in [1.82, 2.24) is 19.8 Å². The monoisotopic (exact) mass is 537 g/mol. The maximum atomic E-state index is 12.2. The summed E-state index contributed by atoms with van der Waals surface area (Å²) in [6.07, 6.45) is 7.92. The van der Waals surface area contributed by atoms with E-state index in [4.69, 9.17) is 19.1 Å². The molecule has 8 nitrogen and oxygen atoms in total. The summed E-state index contributed by atoms with van der Waals surface area (Å²) < 4.78 is 12.5. The number of carbonyl (C=O) groups excluding carboxylic acids is 1. The van der Waals surface area contributed by atoms with Crippen LogP contribution in [0.5, 0.6) is 6.01 Å². The minimum atomic E-state index is -0.0377. The highest BCUT2D eigenvalue weighted by atomic mass is 16.5. The first kappa shape index (κ1) is 25.1. The topological polar surface area (TPSA) is 74.9 Å². The van der Waals surface area contributed by atoms with Crippen molar-refractivity contribution in [3.8, 4) is 17.1 Å². The average molecular weight is 538 g/mol. The maximum absolute atomic E-state index is 12.2. The number of nitrogens with zero attached hydrogens (tertiary/aromatic N) is 5. The molecule has 1 unspecified atom stereocenters. The summed E-state index contributed by atoms with van der Waals surface area (Å²) in [4.78, 5) is 28.6. The molecule has 3 fully saturated rings.